The Morgan fingerprint density at radius 3 is 2.75 bits per heavy atom. The first kappa shape index (κ1) is 15.7. The molecule has 0 aromatic rings. The van der Waals surface area contributed by atoms with Crippen LogP contribution in [0, 0.1) is 0 Å². The summed E-state index contributed by atoms with van der Waals surface area (Å²) in [5.74, 6) is 0.543. The number of alkyl halides is 1. The first-order valence-electron chi connectivity index (χ1n) is 5.56. The van der Waals surface area contributed by atoms with Crippen molar-refractivity contribution in [1.29, 1.82) is 0 Å². The van der Waals surface area contributed by atoms with Crippen molar-refractivity contribution in [2.24, 2.45) is 0 Å². The smallest absolute Gasteiger partial charge is 0.220 e. The predicted molar refractivity (Wildman–Crippen MR) is 64.7 cm³/mol. The lowest BCUT2D eigenvalue weighted by Gasteiger charge is -2.23. The van der Waals surface area contributed by atoms with Crippen LogP contribution in [0.25, 0.3) is 0 Å². The molecule has 0 bridgehead atoms. The average Bonchev–Trinajstić information content (AvgIpc) is 2.24. The molecule has 2 N–H and O–H groups in total. The molecule has 0 heterocycles. The van der Waals surface area contributed by atoms with Crippen molar-refractivity contribution in [1.82, 2.24) is 5.32 Å². The molecule has 0 aliphatic carbocycles. The van der Waals surface area contributed by atoms with Gasteiger partial charge in [0.15, 0.2) is 0 Å². The van der Waals surface area contributed by atoms with Crippen molar-refractivity contribution in [2.45, 2.75) is 38.2 Å². The standard InChI is InChI=1S/C11H22ClNO3/c1-11(15,6-8-16-2)9-13-10(14)5-3-4-7-12/h15H,3-9H2,1-2H3,(H,13,14). The van der Waals surface area contributed by atoms with Gasteiger partial charge in [-0.3, -0.25) is 4.79 Å². The minimum Gasteiger partial charge on any atom is -0.388 e. The number of hydrogen-bond donors (Lipinski definition) is 2. The quantitative estimate of drug-likeness (QED) is 0.480. The molecule has 0 radical (unpaired) electrons. The van der Waals surface area contributed by atoms with Crippen LogP contribution in [0.15, 0.2) is 0 Å². The molecule has 4 nitrogen and oxygen atoms in total. The van der Waals surface area contributed by atoms with Crippen LogP contribution in [-0.2, 0) is 9.53 Å². The summed E-state index contributed by atoms with van der Waals surface area (Å²) in [6.07, 6.45) is 2.60. The van der Waals surface area contributed by atoms with Gasteiger partial charge in [-0.15, -0.1) is 11.6 Å². The lowest BCUT2D eigenvalue weighted by molar-refractivity contribution is -0.122. The van der Waals surface area contributed by atoms with E-state index in [4.69, 9.17) is 16.3 Å². The SMILES string of the molecule is COCCC(C)(O)CNC(=O)CCCCCl. The summed E-state index contributed by atoms with van der Waals surface area (Å²) < 4.78 is 4.88. The zero-order valence-corrected chi connectivity index (χ0v) is 10.8. The van der Waals surface area contributed by atoms with E-state index >= 15 is 0 Å². The van der Waals surface area contributed by atoms with Gasteiger partial charge < -0.3 is 15.2 Å². The van der Waals surface area contributed by atoms with Gasteiger partial charge in [-0.25, -0.2) is 0 Å². The molecule has 16 heavy (non-hydrogen) atoms. The Labute approximate surface area is 102 Å². The molecule has 0 fully saturated rings. The molecule has 0 aromatic heterocycles. The van der Waals surface area contributed by atoms with Crippen LogP contribution in [0.2, 0.25) is 0 Å². The fourth-order valence-corrected chi connectivity index (χ4v) is 1.36. The molecule has 1 amide bonds. The summed E-state index contributed by atoms with van der Waals surface area (Å²) in [5.41, 5.74) is -0.905. The molecule has 5 heteroatoms. The Kier molecular flexibility index (Phi) is 8.61. The molecular weight excluding hydrogens is 230 g/mol. The zero-order valence-electron chi connectivity index (χ0n) is 10.1. The van der Waals surface area contributed by atoms with E-state index in [2.05, 4.69) is 5.32 Å². The molecule has 96 valence electrons. The van der Waals surface area contributed by atoms with Gasteiger partial charge in [0.1, 0.15) is 0 Å². The number of hydrogen-bond acceptors (Lipinski definition) is 3. The number of ether oxygens (including phenoxy) is 1. The Bertz CT molecular complexity index is 198. The van der Waals surface area contributed by atoms with Crippen molar-refractivity contribution in [2.75, 3.05) is 26.1 Å². The van der Waals surface area contributed by atoms with Gasteiger partial charge in [-0.05, 0) is 19.8 Å². The Morgan fingerprint density at radius 2 is 2.19 bits per heavy atom. The summed E-state index contributed by atoms with van der Waals surface area (Å²) in [5, 5.41) is 12.6. The maximum Gasteiger partial charge on any atom is 0.220 e. The van der Waals surface area contributed by atoms with E-state index in [-0.39, 0.29) is 12.5 Å². The summed E-state index contributed by atoms with van der Waals surface area (Å²) in [6, 6.07) is 0. The Hall–Kier alpha value is -0.320. The third kappa shape index (κ3) is 8.95. The fraction of sp³-hybridized carbons (Fsp3) is 0.909. The second kappa shape index (κ2) is 8.79. The highest BCUT2D eigenvalue weighted by atomic mass is 35.5. The van der Waals surface area contributed by atoms with Gasteiger partial charge in [0, 0.05) is 39.0 Å². The molecule has 0 aliphatic rings. The van der Waals surface area contributed by atoms with E-state index in [0.717, 1.165) is 12.8 Å². The highest BCUT2D eigenvalue weighted by molar-refractivity contribution is 6.17. The lowest BCUT2D eigenvalue weighted by atomic mass is 10.0. The highest BCUT2D eigenvalue weighted by Gasteiger charge is 2.20. The summed E-state index contributed by atoms with van der Waals surface area (Å²) in [7, 11) is 1.58. The average molecular weight is 252 g/mol. The Morgan fingerprint density at radius 1 is 1.50 bits per heavy atom. The van der Waals surface area contributed by atoms with E-state index in [1.807, 2.05) is 0 Å². The molecule has 0 rings (SSSR count). The monoisotopic (exact) mass is 251 g/mol. The van der Waals surface area contributed by atoms with Gasteiger partial charge in [-0.2, -0.15) is 0 Å². The molecule has 0 saturated carbocycles. The number of carbonyl (C=O) groups excluding carboxylic acids is 1. The van der Waals surface area contributed by atoms with Crippen LogP contribution in [0.4, 0.5) is 0 Å². The van der Waals surface area contributed by atoms with Crippen molar-refractivity contribution in [3.05, 3.63) is 0 Å². The van der Waals surface area contributed by atoms with E-state index < -0.39 is 5.60 Å². The van der Waals surface area contributed by atoms with Crippen molar-refractivity contribution < 1.29 is 14.6 Å². The van der Waals surface area contributed by atoms with Gasteiger partial charge in [0.05, 0.1) is 5.60 Å². The number of unbranched alkanes of at least 4 members (excludes halogenated alkanes) is 1. The summed E-state index contributed by atoms with van der Waals surface area (Å²) in [4.78, 5) is 11.3. The van der Waals surface area contributed by atoms with E-state index in [0.29, 0.717) is 25.3 Å². The third-order valence-corrected chi connectivity index (χ3v) is 2.57. The number of nitrogens with one attached hydrogen (secondary N) is 1. The topological polar surface area (TPSA) is 58.6 Å². The van der Waals surface area contributed by atoms with Gasteiger partial charge >= 0.3 is 0 Å². The second-order valence-electron chi connectivity index (χ2n) is 4.16. The van der Waals surface area contributed by atoms with Crippen LogP contribution in [0.3, 0.4) is 0 Å². The first-order chi connectivity index (χ1) is 7.52. The number of carbonyl (C=O) groups is 1. The predicted octanol–water partition coefficient (Wildman–Crippen LogP) is 1.30. The molecular formula is C11H22ClNO3. The molecule has 1 atom stereocenters. The molecule has 0 spiro atoms. The first-order valence-corrected chi connectivity index (χ1v) is 6.09. The summed E-state index contributed by atoms with van der Waals surface area (Å²) >= 11 is 5.51. The van der Waals surface area contributed by atoms with Gasteiger partial charge in [-0.1, -0.05) is 0 Å². The largest absolute Gasteiger partial charge is 0.388 e. The number of amides is 1. The van der Waals surface area contributed by atoms with Crippen molar-refractivity contribution in [3.8, 4) is 0 Å². The zero-order chi connectivity index (χ0) is 12.4. The van der Waals surface area contributed by atoms with Crippen LogP contribution in [0.5, 0.6) is 0 Å². The number of methoxy groups -OCH3 is 1. The van der Waals surface area contributed by atoms with Crippen LogP contribution >= 0.6 is 11.6 Å². The Balaban J connectivity index is 3.64. The number of aliphatic hydroxyl groups is 1. The lowest BCUT2D eigenvalue weighted by Crippen LogP contribution is -2.41. The third-order valence-electron chi connectivity index (χ3n) is 2.30. The fourth-order valence-electron chi connectivity index (χ4n) is 1.17. The van der Waals surface area contributed by atoms with E-state index in [1.54, 1.807) is 14.0 Å². The second-order valence-corrected chi connectivity index (χ2v) is 4.54. The molecule has 1 unspecified atom stereocenters. The van der Waals surface area contributed by atoms with Gasteiger partial charge in [0.2, 0.25) is 5.91 Å². The minimum atomic E-state index is -0.905. The number of rotatable bonds is 9. The molecule has 0 saturated heterocycles. The minimum absolute atomic E-state index is 0.0391. The molecule has 0 aromatic carbocycles. The molecule has 0 aliphatic heterocycles. The van der Waals surface area contributed by atoms with Crippen LogP contribution in [-0.4, -0.2) is 42.8 Å². The maximum atomic E-state index is 11.3. The van der Waals surface area contributed by atoms with E-state index in [1.165, 1.54) is 0 Å². The summed E-state index contributed by atoms with van der Waals surface area (Å²) in [6.45, 7) is 2.43. The number of halogens is 1. The van der Waals surface area contributed by atoms with Gasteiger partial charge in [0.25, 0.3) is 0 Å². The maximum absolute atomic E-state index is 11.3. The van der Waals surface area contributed by atoms with Crippen molar-refractivity contribution in [3.63, 3.8) is 0 Å². The normalized spacial score (nSPS) is 14.5. The van der Waals surface area contributed by atoms with Crippen molar-refractivity contribution >= 4 is 17.5 Å². The van der Waals surface area contributed by atoms with Crippen LogP contribution in [0.1, 0.15) is 32.6 Å². The van der Waals surface area contributed by atoms with Crippen LogP contribution < -0.4 is 5.32 Å². The van der Waals surface area contributed by atoms with E-state index in [9.17, 15) is 9.90 Å². The highest BCUT2D eigenvalue weighted by Crippen LogP contribution is 2.07.